The fourth-order valence-corrected chi connectivity index (χ4v) is 4.18. The van der Waals surface area contributed by atoms with Crippen LogP contribution in [0.1, 0.15) is 23.0 Å². The molecule has 0 aliphatic rings. The van der Waals surface area contributed by atoms with Crippen molar-refractivity contribution in [3.8, 4) is 0 Å². The molecule has 4 aromatic rings. The molecule has 4 rings (SSSR count). The van der Waals surface area contributed by atoms with Gasteiger partial charge in [0, 0.05) is 11.9 Å². The monoisotopic (exact) mass is 444 g/mol. The Bertz CT molecular complexity index is 1400. The minimum atomic E-state index is -3.73. The van der Waals surface area contributed by atoms with Crippen molar-refractivity contribution in [1.82, 2.24) is 10.4 Å². The fourth-order valence-electron chi connectivity index (χ4n) is 3.08. The van der Waals surface area contributed by atoms with Crippen LogP contribution in [0.4, 0.5) is 5.69 Å². The van der Waals surface area contributed by atoms with Gasteiger partial charge in [0.05, 0.1) is 10.6 Å². The summed E-state index contributed by atoms with van der Waals surface area (Å²) in [6.45, 7) is 1.74. The largest absolute Gasteiger partial charge is 0.289 e. The molecule has 0 saturated heterocycles. The van der Waals surface area contributed by atoms with Crippen LogP contribution in [-0.2, 0) is 10.0 Å². The Morgan fingerprint density at radius 3 is 2.31 bits per heavy atom. The van der Waals surface area contributed by atoms with Crippen LogP contribution in [-0.4, -0.2) is 25.0 Å². The Hall–Kier alpha value is -4.04. The minimum absolute atomic E-state index is 0.190. The Morgan fingerprint density at radius 2 is 1.59 bits per heavy atom. The lowest BCUT2D eigenvalue weighted by Crippen LogP contribution is -2.20. The second kappa shape index (κ2) is 8.99. The van der Waals surface area contributed by atoms with Crippen molar-refractivity contribution in [2.45, 2.75) is 11.8 Å². The fraction of sp³-hybridized carbons (Fsp3) is 0.0417. The van der Waals surface area contributed by atoms with Crippen molar-refractivity contribution >= 4 is 38.1 Å². The number of amides is 1. The average molecular weight is 445 g/mol. The van der Waals surface area contributed by atoms with Crippen LogP contribution in [0.2, 0.25) is 0 Å². The van der Waals surface area contributed by atoms with Crippen LogP contribution in [0.3, 0.4) is 0 Å². The van der Waals surface area contributed by atoms with E-state index in [1.807, 2.05) is 24.3 Å². The molecule has 1 aromatic heterocycles. The smallest absolute Gasteiger partial charge is 0.280 e. The van der Waals surface area contributed by atoms with Crippen LogP contribution in [0, 0.1) is 0 Å². The Balaban J connectivity index is 1.46. The molecule has 160 valence electrons. The molecule has 0 radical (unpaired) electrons. The lowest BCUT2D eigenvalue weighted by atomic mass is 10.1. The maximum atomic E-state index is 12.8. The van der Waals surface area contributed by atoms with E-state index < -0.39 is 15.9 Å². The molecule has 0 aliphatic carbocycles. The second-order valence-corrected chi connectivity index (χ2v) is 8.73. The van der Waals surface area contributed by atoms with Crippen LogP contribution in [0.15, 0.2) is 101 Å². The van der Waals surface area contributed by atoms with Gasteiger partial charge in [0.15, 0.2) is 0 Å². The van der Waals surface area contributed by atoms with Gasteiger partial charge in [-0.2, -0.15) is 5.10 Å². The van der Waals surface area contributed by atoms with E-state index in [9.17, 15) is 13.2 Å². The Labute approximate surface area is 185 Å². The number of sulfonamides is 1. The van der Waals surface area contributed by atoms with Gasteiger partial charge in [-0.15, -0.1) is 0 Å². The van der Waals surface area contributed by atoms with E-state index in [1.165, 1.54) is 6.20 Å². The van der Waals surface area contributed by atoms with E-state index in [0.717, 1.165) is 16.3 Å². The molecule has 0 bridgehead atoms. The number of nitrogens with zero attached hydrogens (tertiary/aromatic N) is 2. The predicted octanol–water partition coefficient (Wildman–Crippen LogP) is 4.19. The van der Waals surface area contributed by atoms with Crippen LogP contribution < -0.4 is 10.1 Å². The second-order valence-electron chi connectivity index (χ2n) is 7.04. The highest BCUT2D eigenvalue weighted by Crippen LogP contribution is 2.21. The van der Waals surface area contributed by atoms with E-state index in [-0.39, 0.29) is 10.6 Å². The summed E-state index contributed by atoms with van der Waals surface area (Å²) in [5.74, 6) is -0.412. The van der Waals surface area contributed by atoms with Crippen LogP contribution in [0.5, 0.6) is 0 Å². The maximum Gasteiger partial charge on any atom is 0.289 e. The van der Waals surface area contributed by atoms with Crippen molar-refractivity contribution in [3.05, 3.63) is 102 Å². The molecule has 8 heteroatoms. The highest BCUT2D eigenvalue weighted by Gasteiger charge is 2.15. The van der Waals surface area contributed by atoms with Gasteiger partial charge in [-0.1, -0.05) is 48.5 Å². The number of carbonyl (C=O) groups excluding carboxylic acids is 1. The predicted molar refractivity (Wildman–Crippen MR) is 125 cm³/mol. The number of hydrazone groups is 1. The molecule has 0 unspecified atom stereocenters. The molecule has 32 heavy (non-hydrogen) atoms. The summed E-state index contributed by atoms with van der Waals surface area (Å²) in [6.07, 6.45) is 1.53. The van der Waals surface area contributed by atoms with Gasteiger partial charge < -0.3 is 0 Å². The summed E-state index contributed by atoms with van der Waals surface area (Å²) in [7, 11) is -3.73. The van der Waals surface area contributed by atoms with E-state index >= 15 is 0 Å². The standard InChI is InChI=1S/C24H20N4O3S/c1-17(26-27-24(29)23-8-4-5-15-25-23)18-9-12-21(13-10-18)28-32(30,31)22-14-11-19-6-2-3-7-20(19)16-22/h2-16,28H,1H3,(H,27,29)/b26-17+. The van der Waals surface area contributed by atoms with Gasteiger partial charge in [-0.05, 0) is 59.7 Å². The number of hydrogen-bond donors (Lipinski definition) is 2. The number of nitrogens with one attached hydrogen (secondary N) is 2. The molecule has 0 aliphatic heterocycles. The third-order valence-corrected chi connectivity index (χ3v) is 6.19. The minimum Gasteiger partial charge on any atom is -0.280 e. The van der Waals surface area contributed by atoms with E-state index in [2.05, 4.69) is 20.2 Å². The number of hydrogen-bond acceptors (Lipinski definition) is 5. The zero-order valence-electron chi connectivity index (χ0n) is 17.2. The van der Waals surface area contributed by atoms with Crippen molar-refractivity contribution in [2.75, 3.05) is 4.72 Å². The van der Waals surface area contributed by atoms with Gasteiger partial charge in [0.25, 0.3) is 15.9 Å². The molecular weight excluding hydrogens is 424 g/mol. The lowest BCUT2D eigenvalue weighted by Gasteiger charge is -2.10. The number of carbonyl (C=O) groups is 1. The first kappa shape index (κ1) is 21.2. The summed E-state index contributed by atoms with van der Waals surface area (Å²) in [4.78, 5) is 16.2. The number of fused-ring (bicyclic) bond motifs is 1. The Morgan fingerprint density at radius 1 is 0.875 bits per heavy atom. The molecule has 1 heterocycles. The molecular formula is C24H20N4O3S. The topological polar surface area (TPSA) is 101 Å². The third-order valence-electron chi connectivity index (χ3n) is 4.81. The summed E-state index contributed by atoms with van der Waals surface area (Å²) >= 11 is 0. The molecule has 7 nitrogen and oxygen atoms in total. The SMILES string of the molecule is C/C(=N\NC(=O)c1ccccn1)c1ccc(NS(=O)(=O)c2ccc3ccccc3c2)cc1. The van der Waals surface area contributed by atoms with E-state index in [0.29, 0.717) is 11.4 Å². The highest BCUT2D eigenvalue weighted by atomic mass is 32.2. The van der Waals surface area contributed by atoms with Crippen LogP contribution in [0.25, 0.3) is 10.8 Å². The van der Waals surface area contributed by atoms with Crippen molar-refractivity contribution in [2.24, 2.45) is 5.10 Å². The molecule has 0 saturated carbocycles. The molecule has 0 atom stereocenters. The van der Waals surface area contributed by atoms with Gasteiger partial charge in [0.2, 0.25) is 0 Å². The number of pyridine rings is 1. The zero-order valence-corrected chi connectivity index (χ0v) is 18.0. The van der Waals surface area contributed by atoms with Crippen molar-refractivity contribution < 1.29 is 13.2 Å². The van der Waals surface area contributed by atoms with Gasteiger partial charge >= 0.3 is 0 Å². The molecule has 0 fully saturated rings. The highest BCUT2D eigenvalue weighted by molar-refractivity contribution is 7.92. The summed E-state index contributed by atoms with van der Waals surface area (Å²) in [5, 5.41) is 5.91. The molecule has 1 amide bonds. The number of aromatic nitrogens is 1. The van der Waals surface area contributed by atoms with E-state index in [4.69, 9.17) is 0 Å². The summed E-state index contributed by atoms with van der Waals surface area (Å²) in [5.41, 5.74) is 4.45. The van der Waals surface area contributed by atoms with Crippen molar-refractivity contribution in [1.29, 1.82) is 0 Å². The first-order valence-corrected chi connectivity index (χ1v) is 11.3. The first-order chi connectivity index (χ1) is 15.4. The Kier molecular flexibility index (Phi) is 5.96. The number of anilines is 1. The maximum absolute atomic E-state index is 12.8. The summed E-state index contributed by atoms with van der Waals surface area (Å²) in [6, 6.07) is 24.4. The van der Waals surface area contributed by atoms with Crippen LogP contribution >= 0.6 is 0 Å². The summed E-state index contributed by atoms with van der Waals surface area (Å²) < 4.78 is 28.2. The zero-order chi connectivity index (χ0) is 22.6. The molecule has 2 N–H and O–H groups in total. The lowest BCUT2D eigenvalue weighted by molar-refractivity contribution is 0.0950. The first-order valence-electron chi connectivity index (χ1n) is 9.80. The number of rotatable bonds is 6. The van der Waals surface area contributed by atoms with Gasteiger partial charge in [-0.3, -0.25) is 14.5 Å². The van der Waals surface area contributed by atoms with Gasteiger partial charge in [0.1, 0.15) is 5.69 Å². The quantitative estimate of drug-likeness (QED) is 0.344. The van der Waals surface area contributed by atoms with E-state index in [1.54, 1.807) is 67.6 Å². The third kappa shape index (κ3) is 4.81. The molecule has 0 spiro atoms. The molecule has 3 aromatic carbocycles. The normalized spacial score (nSPS) is 11.8. The van der Waals surface area contributed by atoms with Gasteiger partial charge in [-0.25, -0.2) is 13.8 Å². The average Bonchev–Trinajstić information content (AvgIpc) is 2.82. The van der Waals surface area contributed by atoms with Crippen molar-refractivity contribution in [3.63, 3.8) is 0 Å². The number of benzene rings is 3.